The molecule has 100 valence electrons. The van der Waals surface area contributed by atoms with Gasteiger partial charge in [-0.1, -0.05) is 0 Å². The second-order valence-corrected chi connectivity index (χ2v) is 4.72. The molecule has 0 spiro atoms. The standard InChI is InChI=1S/C13H16N4O2/c14-6-10-3-4-12(19-10)13(18)16-9-2-1-8-7-15-17-11(8)5-9/h1-2,5,7,10,12H,3-4,6,14H2,(H,15,17)(H,16,18). The van der Waals surface area contributed by atoms with Crippen LogP contribution in [0.25, 0.3) is 10.9 Å². The summed E-state index contributed by atoms with van der Waals surface area (Å²) in [4.78, 5) is 12.0. The van der Waals surface area contributed by atoms with Gasteiger partial charge >= 0.3 is 0 Å². The summed E-state index contributed by atoms with van der Waals surface area (Å²) in [6, 6.07) is 5.62. The number of carbonyl (C=O) groups is 1. The van der Waals surface area contributed by atoms with Crippen molar-refractivity contribution in [1.82, 2.24) is 10.2 Å². The summed E-state index contributed by atoms with van der Waals surface area (Å²) >= 11 is 0. The normalized spacial score (nSPS) is 22.8. The first-order valence-electron chi connectivity index (χ1n) is 6.36. The average Bonchev–Trinajstić information content (AvgIpc) is 3.06. The Kier molecular flexibility index (Phi) is 3.18. The quantitative estimate of drug-likeness (QED) is 0.767. The van der Waals surface area contributed by atoms with Crippen molar-refractivity contribution in [2.24, 2.45) is 5.73 Å². The number of nitrogens with zero attached hydrogens (tertiary/aromatic N) is 1. The Bertz CT molecular complexity index is 595. The first-order valence-corrected chi connectivity index (χ1v) is 6.36. The number of rotatable bonds is 3. The van der Waals surface area contributed by atoms with E-state index in [1.54, 1.807) is 6.20 Å². The number of carbonyl (C=O) groups excluding carboxylic acids is 1. The van der Waals surface area contributed by atoms with Gasteiger partial charge in [0.05, 0.1) is 17.8 Å². The van der Waals surface area contributed by atoms with E-state index in [1.807, 2.05) is 18.2 Å². The van der Waals surface area contributed by atoms with Crippen LogP contribution in [0.3, 0.4) is 0 Å². The van der Waals surface area contributed by atoms with Gasteiger partial charge in [-0.05, 0) is 31.0 Å². The molecule has 6 heteroatoms. The lowest BCUT2D eigenvalue weighted by molar-refractivity contribution is -0.126. The molecule has 6 nitrogen and oxygen atoms in total. The van der Waals surface area contributed by atoms with Gasteiger partial charge in [-0.3, -0.25) is 9.89 Å². The lowest BCUT2D eigenvalue weighted by Gasteiger charge is -2.12. The molecule has 4 N–H and O–H groups in total. The van der Waals surface area contributed by atoms with Gasteiger partial charge in [-0.15, -0.1) is 0 Å². The molecule has 1 aliphatic rings. The molecule has 1 fully saturated rings. The van der Waals surface area contributed by atoms with Gasteiger partial charge < -0.3 is 15.8 Å². The number of benzene rings is 1. The smallest absolute Gasteiger partial charge is 0.253 e. The van der Waals surface area contributed by atoms with Crippen LogP contribution in [0.4, 0.5) is 5.69 Å². The minimum atomic E-state index is -0.397. The van der Waals surface area contributed by atoms with Gasteiger partial charge in [0.1, 0.15) is 6.10 Å². The Labute approximate surface area is 110 Å². The molecule has 2 atom stereocenters. The second-order valence-electron chi connectivity index (χ2n) is 4.72. The third-order valence-electron chi connectivity index (χ3n) is 3.37. The van der Waals surface area contributed by atoms with E-state index in [4.69, 9.17) is 10.5 Å². The first kappa shape index (κ1) is 12.1. The maximum Gasteiger partial charge on any atom is 0.253 e. The Balaban J connectivity index is 1.68. The summed E-state index contributed by atoms with van der Waals surface area (Å²) in [5, 5.41) is 10.7. The van der Waals surface area contributed by atoms with Gasteiger partial charge in [0.15, 0.2) is 0 Å². The van der Waals surface area contributed by atoms with Gasteiger partial charge in [0.2, 0.25) is 0 Å². The van der Waals surface area contributed by atoms with Crippen LogP contribution in [0, 0.1) is 0 Å². The molecular weight excluding hydrogens is 244 g/mol. The average molecular weight is 260 g/mol. The number of nitrogens with two attached hydrogens (primary N) is 1. The first-order chi connectivity index (χ1) is 9.26. The summed E-state index contributed by atoms with van der Waals surface area (Å²) in [7, 11) is 0. The van der Waals surface area contributed by atoms with Crippen LogP contribution < -0.4 is 11.1 Å². The molecule has 1 saturated heterocycles. The number of aromatic amines is 1. The van der Waals surface area contributed by atoms with E-state index in [0.29, 0.717) is 6.54 Å². The number of aromatic nitrogens is 2. The van der Waals surface area contributed by atoms with Crippen LogP contribution in [0.1, 0.15) is 12.8 Å². The Hall–Kier alpha value is -1.92. The zero-order valence-corrected chi connectivity index (χ0v) is 10.4. The molecule has 2 unspecified atom stereocenters. The van der Waals surface area contributed by atoms with E-state index in [0.717, 1.165) is 29.4 Å². The van der Waals surface area contributed by atoms with Crippen molar-refractivity contribution in [2.45, 2.75) is 25.0 Å². The summed E-state index contributed by atoms with van der Waals surface area (Å²) in [5.74, 6) is -0.116. The van der Waals surface area contributed by atoms with Gasteiger partial charge in [0, 0.05) is 17.6 Å². The highest BCUT2D eigenvalue weighted by Gasteiger charge is 2.29. The zero-order valence-electron chi connectivity index (χ0n) is 10.4. The second kappa shape index (κ2) is 4.99. The SMILES string of the molecule is NCC1CCC(C(=O)Nc2ccc3cn[nH]c3c2)O1. The topological polar surface area (TPSA) is 93.0 Å². The molecule has 2 heterocycles. The largest absolute Gasteiger partial charge is 0.364 e. The minimum absolute atomic E-state index is 0.00540. The maximum absolute atomic E-state index is 12.0. The molecule has 0 saturated carbocycles. The van der Waals surface area contributed by atoms with Crippen LogP contribution in [0.2, 0.25) is 0 Å². The molecular formula is C13H16N4O2. The highest BCUT2D eigenvalue weighted by molar-refractivity contribution is 5.96. The molecule has 3 rings (SSSR count). The number of ether oxygens (including phenoxy) is 1. The lowest BCUT2D eigenvalue weighted by atomic mass is 10.2. The maximum atomic E-state index is 12.0. The number of nitrogens with one attached hydrogen (secondary N) is 2. The third kappa shape index (κ3) is 2.45. The highest BCUT2D eigenvalue weighted by Crippen LogP contribution is 2.21. The van der Waals surface area contributed by atoms with Crippen molar-refractivity contribution >= 4 is 22.5 Å². The fraction of sp³-hybridized carbons (Fsp3) is 0.385. The minimum Gasteiger partial charge on any atom is -0.364 e. The van der Waals surface area contributed by atoms with Crippen LogP contribution in [-0.2, 0) is 9.53 Å². The molecule has 1 amide bonds. The molecule has 1 aliphatic heterocycles. The summed E-state index contributed by atoms with van der Waals surface area (Å²) in [6.07, 6.45) is 2.91. The van der Waals surface area contributed by atoms with E-state index in [2.05, 4.69) is 15.5 Å². The number of amides is 1. The number of hydrogen-bond acceptors (Lipinski definition) is 4. The third-order valence-corrected chi connectivity index (χ3v) is 3.37. The van der Waals surface area contributed by atoms with E-state index in [-0.39, 0.29) is 12.0 Å². The number of H-pyrrole nitrogens is 1. The van der Waals surface area contributed by atoms with Crippen molar-refractivity contribution in [1.29, 1.82) is 0 Å². The Morgan fingerprint density at radius 3 is 3.21 bits per heavy atom. The molecule has 1 aromatic heterocycles. The number of anilines is 1. The van der Waals surface area contributed by atoms with E-state index in [1.165, 1.54) is 0 Å². The summed E-state index contributed by atoms with van der Waals surface area (Å²) in [5.41, 5.74) is 7.16. The van der Waals surface area contributed by atoms with Gasteiger partial charge in [0.25, 0.3) is 5.91 Å². The lowest BCUT2D eigenvalue weighted by Crippen LogP contribution is -2.29. The Morgan fingerprint density at radius 2 is 2.42 bits per heavy atom. The van der Waals surface area contributed by atoms with Crippen LogP contribution in [-0.4, -0.2) is 34.9 Å². The molecule has 1 aromatic carbocycles. The van der Waals surface area contributed by atoms with Crippen LogP contribution >= 0.6 is 0 Å². The van der Waals surface area contributed by atoms with Crippen molar-refractivity contribution in [2.75, 3.05) is 11.9 Å². The molecule has 0 aliphatic carbocycles. The zero-order chi connectivity index (χ0) is 13.2. The predicted octanol–water partition coefficient (Wildman–Crippen LogP) is 1.01. The van der Waals surface area contributed by atoms with Crippen molar-refractivity contribution < 1.29 is 9.53 Å². The molecule has 0 radical (unpaired) electrons. The monoisotopic (exact) mass is 260 g/mol. The summed E-state index contributed by atoms with van der Waals surface area (Å²) < 4.78 is 5.56. The van der Waals surface area contributed by atoms with E-state index >= 15 is 0 Å². The van der Waals surface area contributed by atoms with Crippen molar-refractivity contribution in [3.63, 3.8) is 0 Å². The molecule has 19 heavy (non-hydrogen) atoms. The fourth-order valence-electron chi connectivity index (χ4n) is 2.31. The van der Waals surface area contributed by atoms with Crippen LogP contribution in [0.15, 0.2) is 24.4 Å². The van der Waals surface area contributed by atoms with Crippen LogP contribution in [0.5, 0.6) is 0 Å². The number of hydrogen-bond donors (Lipinski definition) is 3. The molecule has 0 bridgehead atoms. The van der Waals surface area contributed by atoms with E-state index < -0.39 is 6.10 Å². The molecule has 2 aromatic rings. The van der Waals surface area contributed by atoms with Gasteiger partial charge in [-0.25, -0.2) is 0 Å². The van der Waals surface area contributed by atoms with Crippen molar-refractivity contribution in [3.8, 4) is 0 Å². The van der Waals surface area contributed by atoms with Gasteiger partial charge in [-0.2, -0.15) is 5.10 Å². The Morgan fingerprint density at radius 1 is 1.53 bits per heavy atom. The fourth-order valence-corrected chi connectivity index (χ4v) is 2.31. The van der Waals surface area contributed by atoms with Crippen molar-refractivity contribution in [3.05, 3.63) is 24.4 Å². The number of fused-ring (bicyclic) bond motifs is 1. The predicted molar refractivity (Wildman–Crippen MR) is 71.7 cm³/mol. The highest BCUT2D eigenvalue weighted by atomic mass is 16.5. The summed E-state index contributed by atoms with van der Waals surface area (Å²) in [6.45, 7) is 0.462. The van der Waals surface area contributed by atoms with E-state index in [9.17, 15) is 4.79 Å².